The Morgan fingerprint density at radius 2 is 1.68 bits per heavy atom. The van der Waals surface area contributed by atoms with E-state index in [4.69, 9.17) is 4.74 Å². The number of benzene rings is 1. The van der Waals surface area contributed by atoms with Crippen molar-refractivity contribution >= 4 is 29.2 Å². The second kappa shape index (κ2) is 8.77. The first kappa shape index (κ1) is 18.4. The van der Waals surface area contributed by atoms with E-state index in [9.17, 15) is 9.59 Å². The number of ether oxygens (including phenoxy) is 1. The average molecular weight is 342 g/mol. The van der Waals surface area contributed by atoms with E-state index in [-0.39, 0.29) is 17.8 Å². The first-order chi connectivity index (χ1) is 12.0. The molecule has 0 atom stereocenters. The average Bonchev–Trinajstić information content (AvgIpc) is 2.57. The predicted molar refractivity (Wildman–Crippen MR) is 95.8 cm³/mol. The van der Waals surface area contributed by atoms with Gasteiger partial charge in [0.2, 0.25) is 5.91 Å². The molecule has 0 aliphatic carbocycles. The van der Waals surface area contributed by atoms with E-state index >= 15 is 0 Å². The second-order valence-electron chi connectivity index (χ2n) is 5.87. The highest BCUT2D eigenvalue weighted by Gasteiger charge is 2.08. The van der Waals surface area contributed by atoms with Crippen LogP contribution in [-0.4, -0.2) is 28.7 Å². The van der Waals surface area contributed by atoms with Crippen LogP contribution in [0.25, 0.3) is 0 Å². The number of amides is 1. The molecule has 1 aromatic heterocycles. The minimum atomic E-state index is -0.352. The molecule has 1 heterocycles. The highest BCUT2D eigenvalue weighted by molar-refractivity contribution is 5.90. The molecule has 0 fully saturated rings. The standard InChI is InChI=1S/C18H22N4O3/c1-4-25-18(24)13-5-7-14(8-6-13)19-15-9-10-16(22-21-15)20-17(23)11-12(2)3/h5-10,12H,4,11H2,1-3H3,(H,19,21)(H,20,22,23). The maximum Gasteiger partial charge on any atom is 0.338 e. The van der Waals surface area contributed by atoms with Gasteiger partial charge in [-0.3, -0.25) is 4.79 Å². The number of aromatic nitrogens is 2. The van der Waals surface area contributed by atoms with Crippen molar-refractivity contribution in [3.63, 3.8) is 0 Å². The maximum atomic E-state index is 11.7. The Morgan fingerprint density at radius 1 is 1.04 bits per heavy atom. The highest BCUT2D eigenvalue weighted by Crippen LogP contribution is 2.16. The zero-order chi connectivity index (χ0) is 18.2. The zero-order valence-electron chi connectivity index (χ0n) is 14.6. The molecule has 2 N–H and O–H groups in total. The van der Waals surface area contributed by atoms with Gasteiger partial charge in [-0.1, -0.05) is 13.8 Å². The third-order valence-electron chi connectivity index (χ3n) is 3.19. The zero-order valence-corrected chi connectivity index (χ0v) is 14.6. The summed E-state index contributed by atoms with van der Waals surface area (Å²) in [6.07, 6.45) is 0.439. The second-order valence-corrected chi connectivity index (χ2v) is 5.87. The third-order valence-corrected chi connectivity index (χ3v) is 3.19. The number of hydrogen-bond donors (Lipinski definition) is 2. The summed E-state index contributed by atoms with van der Waals surface area (Å²) in [5, 5.41) is 13.8. The number of nitrogens with one attached hydrogen (secondary N) is 2. The van der Waals surface area contributed by atoms with Crippen molar-refractivity contribution in [2.75, 3.05) is 17.2 Å². The van der Waals surface area contributed by atoms with E-state index < -0.39 is 0 Å². The number of hydrogen-bond acceptors (Lipinski definition) is 6. The number of carbonyl (C=O) groups is 2. The quantitative estimate of drug-likeness (QED) is 0.749. The molecule has 0 bridgehead atoms. The van der Waals surface area contributed by atoms with Gasteiger partial charge in [-0.25, -0.2) is 4.79 Å². The van der Waals surface area contributed by atoms with Crippen molar-refractivity contribution in [2.45, 2.75) is 27.2 Å². The number of nitrogens with zero attached hydrogens (tertiary/aromatic N) is 2. The predicted octanol–water partition coefficient (Wildman–Crippen LogP) is 3.38. The molecule has 0 unspecified atom stereocenters. The third kappa shape index (κ3) is 5.87. The molecule has 0 saturated carbocycles. The Labute approximate surface area is 146 Å². The molecule has 0 radical (unpaired) electrons. The van der Waals surface area contributed by atoms with Gasteiger partial charge in [-0.05, 0) is 49.2 Å². The van der Waals surface area contributed by atoms with Gasteiger partial charge in [0.1, 0.15) is 0 Å². The topological polar surface area (TPSA) is 93.2 Å². The molecular weight excluding hydrogens is 320 g/mol. The Balaban J connectivity index is 1.94. The number of carbonyl (C=O) groups excluding carboxylic acids is 2. The first-order valence-electron chi connectivity index (χ1n) is 8.15. The van der Waals surface area contributed by atoms with Gasteiger partial charge in [0.15, 0.2) is 11.6 Å². The molecule has 0 aliphatic heterocycles. The molecule has 1 amide bonds. The van der Waals surface area contributed by atoms with E-state index in [2.05, 4.69) is 20.8 Å². The van der Waals surface area contributed by atoms with Crippen LogP contribution in [0.5, 0.6) is 0 Å². The Morgan fingerprint density at radius 3 is 2.24 bits per heavy atom. The van der Waals surface area contributed by atoms with Crippen LogP contribution < -0.4 is 10.6 Å². The highest BCUT2D eigenvalue weighted by atomic mass is 16.5. The van der Waals surface area contributed by atoms with Crippen LogP contribution in [0, 0.1) is 5.92 Å². The molecular formula is C18H22N4O3. The SMILES string of the molecule is CCOC(=O)c1ccc(Nc2ccc(NC(=O)CC(C)C)nn2)cc1. The van der Waals surface area contributed by atoms with Crippen LogP contribution in [0.1, 0.15) is 37.6 Å². The summed E-state index contributed by atoms with van der Waals surface area (Å²) in [7, 11) is 0. The fraction of sp³-hybridized carbons (Fsp3) is 0.333. The molecule has 2 rings (SSSR count). The smallest absolute Gasteiger partial charge is 0.338 e. The van der Waals surface area contributed by atoms with E-state index in [0.717, 1.165) is 5.69 Å². The normalized spacial score (nSPS) is 10.4. The van der Waals surface area contributed by atoms with Crippen LogP contribution in [0.2, 0.25) is 0 Å². The van der Waals surface area contributed by atoms with Gasteiger partial charge in [0.25, 0.3) is 0 Å². The van der Waals surface area contributed by atoms with Gasteiger partial charge in [-0.15, -0.1) is 10.2 Å². The Bertz CT molecular complexity index is 712. The van der Waals surface area contributed by atoms with Crippen molar-refractivity contribution in [1.29, 1.82) is 0 Å². The fourth-order valence-electron chi connectivity index (χ4n) is 2.08. The molecule has 2 aromatic rings. The number of esters is 1. The lowest BCUT2D eigenvalue weighted by atomic mass is 10.1. The monoisotopic (exact) mass is 342 g/mol. The minimum absolute atomic E-state index is 0.0837. The van der Waals surface area contributed by atoms with Gasteiger partial charge < -0.3 is 15.4 Å². The van der Waals surface area contributed by atoms with Crippen LogP contribution in [0.15, 0.2) is 36.4 Å². The van der Waals surface area contributed by atoms with Crippen LogP contribution in [-0.2, 0) is 9.53 Å². The summed E-state index contributed by atoms with van der Waals surface area (Å²) in [6, 6.07) is 10.3. The van der Waals surface area contributed by atoms with Crippen molar-refractivity contribution in [3.8, 4) is 0 Å². The van der Waals surface area contributed by atoms with Gasteiger partial charge in [0.05, 0.1) is 12.2 Å². The summed E-state index contributed by atoms with van der Waals surface area (Å²) in [6.45, 7) is 6.06. The molecule has 0 spiro atoms. The van der Waals surface area contributed by atoms with Crippen molar-refractivity contribution < 1.29 is 14.3 Å². The summed E-state index contributed by atoms with van der Waals surface area (Å²) in [4.78, 5) is 23.3. The maximum absolute atomic E-state index is 11.7. The summed E-state index contributed by atoms with van der Waals surface area (Å²) >= 11 is 0. The van der Waals surface area contributed by atoms with Gasteiger partial charge >= 0.3 is 5.97 Å². The minimum Gasteiger partial charge on any atom is -0.462 e. The molecule has 0 saturated heterocycles. The fourth-order valence-corrected chi connectivity index (χ4v) is 2.08. The van der Waals surface area contributed by atoms with E-state index in [1.54, 1.807) is 43.3 Å². The summed E-state index contributed by atoms with van der Waals surface area (Å²) < 4.78 is 4.94. The number of rotatable bonds is 7. The first-order valence-corrected chi connectivity index (χ1v) is 8.15. The summed E-state index contributed by atoms with van der Waals surface area (Å²) in [5.74, 6) is 0.793. The van der Waals surface area contributed by atoms with Crippen molar-refractivity contribution in [3.05, 3.63) is 42.0 Å². The van der Waals surface area contributed by atoms with Gasteiger partial charge in [0, 0.05) is 12.1 Å². The Hall–Kier alpha value is -2.96. The van der Waals surface area contributed by atoms with Gasteiger partial charge in [-0.2, -0.15) is 0 Å². The molecule has 7 nitrogen and oxygen atoms in total. The Kier molecular flexibility index (Phi) is 6.45. The van der Waals surface area contributed by atoms with E-state index in [1.807, 2.05) is 13.8 Å². The lowest BCUT2D eigenvalue weighted by Crippen LogP contribution is -2.15. The van der Waals surface area contributed by atoms with Crippen LogP contribution in [0.3, 0.4) is 0 Å². The molecule has 0 aliphatic rings. The lowest BCUT2D eigenvalue weighted by molar-refractivity contribution is -0.116. The largest absolute Gasteiger partial charge is 0.462 e. The molecule has 132 valence electrons. The number of anilines is 3. The summed E-state index contributed by atoms with van der Waals surface area (Å²) in [5.41, 5.74) is 1.25. The van der Waals surface area contributed by atoms with Crippen LogP contribution >= 0.6 is 0 Å². The lowest BCUT2D eigenvalue weighted by Gasteiger charge is -2.08. The molecule has 7 heteroatoms. The van der Waals surface area contributed by atoms with E-state index in [1.165, 1.54) is 0 Å². The van der Waals surface area contributed by atoms with Crippen LogP contribution in [0.4, 0.5) is 17.3 Å². The van der Waals surface area contributed by atoms with Crippen molar-refractivity contribution in [2.24, 2.45) is 5.92 Å². The van der Waals surface area contributed by atoms with E-state index in [0.29, 0.717) is 30.2 Å². The van der Waals surface area contributed by atoms with Crippen molar-refractivity contribution in [1.82, 2.24) is 10.2 Å². The molecule has 1 aromatic carbocycles. The molecule has 25 heavy (non-hydrogen) atoms.